The zero-order valence-corrected chi connectivity index (χ0v) is 87.9. The smallest absolute Gasteiger partial charge is 0.426 e. The average Bonchev–Trinajstić information content (AvgIpc) is 1.52. The second-order valence-electron chi connectivity index (χ2n) is 40.8. The number of thiocarbonyl (C=S) groups is 1. The molecule has 4 unspecified atom stereocenters. The molecule has 0 radical (unpaired) electrons. The molecule has 23 rings (SSSR count). The molecule has 3 heterocycles. The molecule has 10 N–H and O–H groups in total. The van der Waals surface area contributed by atoms with Gasteiger partial charge in [0.25, 0.3) is 17.7 Å². The van der Waals surface area contributed by atoms with Gasteiger partial charge in [0.2, 0.25) is 0 Å². The van der Waals surface area contributed by atoms with Crippen molar-refractivity contribution in [2.75, 3.05) is 28.4 Å². The van der Waals surface area contributed by atoms with Crippen LogP contribution in [0.25, 0.3) is 0 Å². The van der Waals surface area contributed by atoms with E-state index in [-0.39, 0.29) is 198 Å². The molecule has 4 aromatic carbocycles. The molecule has 24 nitrogen and oxygen atoms in total. The molecule has 19 aliphatic rings. The molecule has 16 aliphatic carbocycles. The van der Waals surface area contributed by atoms with Crippen LogP contribution in [0.1, 0.15) is 299 Å². The third kappa shape index (κ3) is 20.7. The number of amides is 7. The Morgan fingerprint density at radius 3 is 1.16 bits per heavy atom. The third-order valence-electron chi connectivity index (χ3n) is 33.2. The van der Waals surface area contributed by atoms with Crippen LogP contribution in [0.2, 0.25) is 0 Å². The number of benzene rings is 4. The minimum atomic E-state index is -1.44. The molecule has 12 saturated carbocycles. The summed E-state index contributed by atoms with van der Waals surface area (Å²) in [6, 6.07) is 25.5. The van der Waals surface area contributed by atoms with Gasteiger partial charge >= 0.3 is 121 Å². The van der Waals surface area contributed by atoms with Crippen LogP contribution in [0.15, 0.2) is 77.8 Å². The number of imide groups is 2. The van der Waals surface area contributed by atoms with E-state index in [1.807, 2.05) is 11.0 Å². The predicted molar refractivity (Wildman–Crippen MR) is 507 cm³/mol. The van der Waals surface area contributed by atoms with Gasteiger partial charge in [0.1, 0.15) is 5.54 Å². The number of guanidine groups is 1. The first-order chi connectivity index (χ1) is 64.9. The maximum atomic E-state index is 14.3. The maximum absolute atomic E-state index is 14.3. The van der Waals surface area contributed by atoms with Gasteiger partial charge in [0.15, 0.2) is 35.3 Å². The topological polar surface area (TPSA) is 326 Å². The largest absolute Gasteiger partial charge is 1.00 e. The normalized spacial score (nSPS) is 31.6. The number of nitrogens with two attached hydrogens (primary N) is 2. The summed E-state index contributed by atoms with van der Waals surface area (Å²) in [5.41, 5.74) is 14.8. The molecule has 15 fully saturated rings. The van der Waals surface area contributed by atoms with Crippen LogP contribution in [-0.2, 0) is 101 Å². The van der Waals surface area contributed by atoms with Crippen molar-refractivity contribution in [2.24, 2.45) is 62.0 Å². The van der Waals surface area contributed by atoms with Crippen LogP contribution < -0.4 is 141 Å². The summed E-state index contributed by atoms with van der Waals surface area (Å²) >= 11 is 9.26. The fourth-order valence-corrected chi connectivity index (χ4v) is 25.1. The zero-order valence-electron chi connectivity index (χ0n) is 80.2. The number of aldehydes is 1. The van der Waals surface area contributed by atoms with E-state index in [0.717, 1.165) is 235 Å². The van der Waals surface area contributed by atoms with Crippen LogP contribution in [0.5, 0.6) is 0 Å². The Morgan fingerprint density at radius 2 is 0.844 bits per heavy atom. The van der Waals surface area contributed by atoms with Crippen molar-refractivity contribution < 1.29 is 176 Å². The number of nitrogens with one attached hydrogen (secondary N) is 5. The SMILES string of the molecule is BrC1CCC1.COC1CCC2(CC1)Cc1ccc(C#CC3CC3)cc1C2(C=O)NC(N)=NC1CCC1.COC1CCC2(CC1)Cc1ccc(C#CC3CC3)cc1C21NC(=O)N(C2CCC2)C1=O.COC1CCC2(CC1)Cc1ccc(C#CC3CC3)cc1C21NC(=O)NC1=O.COC1CCC2(CC1)Cc1ccc(C#CC3CC3)cc1C21NC(=S)N(C2CCC2)C1=O.NO.[2H]C(=O)OO[CH-]F.[K+].[K+]. The van der Waals surface area contributed by atoms with Gasteiger partial charge in [0.05, 0.1) is 30.5 Å². The van der Waals surface area contributed by atoms with E-state index < -0.39 is 34.6 Å². The van der Waals surface area contributed by atoms with E-state index >= 15 is 0 Å². The van der Waals surface area contributed by atoms with Crippen molar-refractivity contribution in [3.63, 3.8) is 0 Å². The Balaban J connectivity index is 0.000000131. The number of ether oxygens (including phenoxy) is 4. The van der Waals surface area contributed by atoms with Crippen molar-refractivity contribution in [1.82, 2.24) is 36.4 Å². The van der Waals surface area contributed by atoms with E-state index in [1.165, 1.54) is 100 Å². The molecule has 3 aliphatic heterocycles. The summed E-state index contributed by atoms with van der Waals surface area (Å²) in [5, 5.41) is 23.1. The second-order valence-corrected chi connectivity index (χ2v) is 42.5. The Morgan fingerprint density at radius 1 is 0.504 bits per heavy atom. The van der Waals surface area contributed by atoms with E-state index in [9.17, 15) is 38.0 Å². The van der Waals surface area contributed by atoms with Gasteiger partial charge in [-0.25, -0.2) is 15.5 Å². The molecular weight excluding hydrogens is 1850 g/mol. The van der Waals surface area contributed by atoms with Crippen molar-refractivity contribution in [3.8, 4) is 47.4 Å². The number of carbonyl (C=O) groups is 7. The van der Waals surface area contributed by atoms with Crippen molar-refractivity contribution in [3.05, 3.63) is 146 Å². The first-order valence-electron chi connectivity index (χ1n) is 49.3. The Labute approximate surface area is 894 Å². The predicted octanol–water partition coefficient (Wildman–Crippen LogP) is 9.42. The van der Waals surface area contributed by atoms with Crippen LogP contribution in [0.3, 0.4) is 0 Å². The first kappa shape index (κ1) is 102. The number of nitrogens with zero attached hydrogens (tertiary/aromatic N) is 3. The van der Waals surface area contributed by atoms with Crippen LogP contribution in [0, 0.1) is 99.6 Å². The molecule has 7 spiro atoms. The Kier molecular flexibility index (Phi) is 33.5. The van der Waals surface area contributed by atoms with Gasteiger partial charge in [-0.2, -0.15) is 0 Å². The van der Waals surface area contributed by atoms with Crippen LogP contribution >= 0.6 is 28.1 Å². The monoisotopic (exact) mass is 1970 g/mol. The van der Waals surface area contributed by atoms with Gasteiger partial charge in [-0.05, 0) is 363 Å². The van der Waals surface area contributed by atoms with Gasteiger partial charge in [-0.3, -0.25) is 39.3 Å². The minimum Gasteiger partial charge on any atom is -0.426 e. The third-order valence-corrected chi connectivity index (χ3v) is 34.4. The molecule has 135 heavy (non-hydrogen) atoms. The Hall–Kier alpha value is -5.83. The van der Waals surface area contributed by atoms with Gasteiger partial charge in [-0.15, -0.1) is 0 Å². The van der Waals surface area contributed by atoms with E-state index in [2.05, 4.69) is 177 Å². The number of urea groups is 2. The van der Waals surface area contributed by atoms with Crippen LogP contribution in [-0.4, -0.2) is 144 Å². The number of rotatable bonds is 11. The van der Waals surface area contributed by atoms with Gasteiger partial charge < -0.3 is 70.1 Å². The molecule has 4 atom stereocenters. The second kappa shape index (κ2) is 44.4. The van der Waals surface area contributed by atoms with Crippen molar-refractivity contribution in [2.45, 2.75) is 326 Å². The van der Waals surface area contributed by atoms with Gasteiger partial charge in [0, 0.05) is 113 Å². The number of hydrogen-bond donors (Lipinski definition) is 8. The fraction of sp³-hybridized carbons (Fsp3) is 0.604. The molecule has 7 amide bonds. The van der Waals surface area contributed by atoms with Crippen molar-refractivity contribution >= 4 is 81.7 Å². The number of carbonyl (C=O) groups excluding carboxylic acids is 7. The summed E-state index contributed by atoms with van der Waals surface area (Å²) in [5.74, 6) is 32.7. The molecule has 0 aromatic heterocycles. The number of methoxy groups -OCH3 is 4. The van der Waals surface area contributed by atoms with Crippen molar-refractivity contribution in [1.29, 1.82) is 0 Å². The zero-order chi connectivity index (χ0) is 94.0. The quantitative estimate of drug-likeness (QED) is 0.00592. The first-order valence-corrected chi connectivity index (χ1v) is 50.1. The van der Waals surface area contributed by atoms with Gasteiger partial charge in [-0.1, -0.05) is 94.0 Å². The number of halogens is 2. The van der Waals surface area contributed by atoms with E-state index in [0.29, 0.717) is 34.7 Å². The number of hydrogen-bond acceptors (Lipinski definition) is 17. The summed E-state index contributed by atoms with van der Waals surface area (Å²) in [6.45, 7) is -0.341. The Bertz CT molecular complexity index is 5280. The summed E-state index contributed by atoms with van der Waals surface area (Å²) in [4.78, 5) is 105. The summed E-state index contributed by atoms with van der Waals surface area (Å²) in [6.07, 6.45) is 42.4. The fourth-order valence-electron chi connectivity index (χ4n) is 24.1. The minimum absolute atomic E-state index is 0. The molecular formula is C106H129BrFK2N10O14S+. The standard InChI is InChI=1S/C26H33N3O2.C26H30N2O3.C26H30N2O2S.C22H24N2O3.C4H7Br.C2H2FO3.2K.H3NO/c1-31-22-11-13-25(14-12-22)16-20-10-9-19(8-7-18-5-6-18)15-23(20)26(25,17-30)29-24(27)28-21-3-2-4-21;1-31-21-11-13-25(14-12-21)16-19-10-9-18(8-7-17-5-6-17)15-22(19)26(25)23(29)28(24(30)27-26)20-3-2-4-20;1-30-21-11-13-25(14-12-21)16-19-10-9-18(8-7-17-5-6-17)15-22(19)26(25)23(29)28(24(31)27-26)20-3-2-4-20;1-27-17-8-10-21(11-9-17)13-16-7-6-15(5-4-14-2-3-14)12-18(16)22(21)19(25)23-20(26)24-22;5-4-2-1-3-4;3-1-5-6-2-4;;;1-2/h9-10,15,17-18,21-22H,2-6,11-14,16H2,1H3,(H3,27,28,29);9-10,15,17,20-21H,2-6,11-14,16H2,1H3,(H,27,30);9-10,15,17,20-21H,2-6,11-14,16H2,1H3,(H,27,31);6-7,12,14,17H,2-3,8-11,13H2,1H3,(H2,23,24,25,26);4H,1-3H2;1-2H;;;2H,1H2/q;;;;;-1;2*+1;/i;;;;;2D;;;. The van der Waals surface area contributed by atoms with E-state index in [1.54, 1.807) is 33.3 Å². The molecule has 4 aromatic rings. The summed E-state index contributed by atoms with van der Waals surface area (Å²) < 4.78 is 39.0. The average molecular weight is 1980 g/mol. The van der Waals surface area contributed by atoms with E-state index in [4.69, 9.17) is 43.5 Å². The molecule has 0 bridgehead atoms. The maximum Gasteiger partial charge on any atom is 1.00 e. The number of aliphatic imine (C=N–C) groups is 1. The summed E-state index contributed by atoms with van der Waals surface area (Å²) in [7, 11) is 7.11. The number of fused-ring (bicyclic) bond motifs is 10. The number of alkyl halides is 1. The molecule has 3 saturated heterocycles. The van der Waals surface area contributed by atoms with Crippen LogP contribution in [0.4, 0.5) is 14.0 Å². The molecule has 29 heteroatoms. The molecule has 708 valence electrons.